The smallest absolute Gasteiger partial charge is 0.232 e. The number of nitrogens with one attached hydrogen (secondary N) is 3. The number of ether oxygens (including phenoxy) is 1. The quantitative estimate of drug-likeness (QED) is 0.702. The topological polar surface area (TPSA) is 96.5 Å². The highest BCUT2D eigenvalue weighted by Gasteiger charge is 2.21. The summed E-state index contributed by atoms with van der Waals surface area (Å²) in [5.74, 6) is 0.325. The normalized spacial score (nSPS) is 15.2. The van der Waals surface area contributed by atoms with Crippen LogP contribution < -0.4 is 20.1 Å². The van der Waals surface area contributed by atoms with Crippen LogP contribution in [0, 0.1) is 5.92 Å². The fraction of sp³-hybridized carbons (Fsp3) is 0.533. The van der Waals surface area contributed by atoms with Crippen LogP contribution >= 0.6 is 12.4 Å². The molecule has 0 bridgehead atoms. The zero-order valence-electron chi connectivity index (χ0n) is 13.8. The monoisotopic (exact) mass is 377 g/mol. The molecule has 0 aromatic heterocycles. The van der Waals surface area contributed by atoms with Gasteiger partial charge in [0.2, 0.25) is 15.9 Å². The molecule has 0 radical (unpaired) electrons. The molecule has 1 aromatic carbocycles. The fourth-order valence-corrected chi connectivity index (χ4v) is 3.07. The van der Waals surface area contributed by atoms with E-state index >= 15 is 0 Å². The third kappa shape index (κ3) is 5.54. The molecule has 1 amide bonds. The van der Waals surface area contributed by atoms with Gasteiger partial charge in [-0.2, -0.15) is 0 Å². The maximum absolute atomic E-state index is 12.2. The summed E-state index contributed by atoms with van der Waals surface area (Å²) in [7, 11) is -1.93. The zero-order chi connectivity index (χ0) is 16.9. The lowest BCUT2D eigenvalue weighted by atomic mass is 9.97. The molecule has 7 nitrogen and oxygen atoms in total. The van der Waals surface area contributed by atoms with Gasteiger partial charge in [0.1, 0.15) is 5.75 Å². The van der Waals surface area contributed by atoms with Gasteiger partial charge in [0.25, 0.3) is 0 Å². The number of hydrogen-bond acceptors (Lipinski definition) is 5. The Kier molecular flexibility index (Phi) is 7.78. The van der Waals surface area contributed by atoms with Gasteiger partial charge < -0.3 is 15.4 Å². The molecule has 1 heterocycles. The zero-order valence-corrected chi connectivity index (χ0v) is 15.4. The van der Waals surface area contributed by atoms with Crippen LogP contribution in [0.3, 0.4) is 0 Å². The fourth-order valence-electron chi connectivity index (χ4n) is 2.42. The van der Waals surface area contributed by atoms with Gasteiger partial charge in [0.05, 0.1) is 18.6 Å². The number of carbonyl (C=O) groups is 1. The number of carbonyl (C=O) groups excluding carboxylic acids is 1. The Morgan fingerprint density at radius 2 is 2.00 bits per heavy atom. The first-order valence-corrected chi connectivity index (χ1v) is 9.30. The molecule has 0 atom stereocenters. The third-order valence-electron chi connectivity index (χ3n) is 3.82. The van der Waals surface area contributed by atoms with Crippen molar-refractivity contribution in [1.29, 1.82) is 0 Å². The number of benzene rings is 1. The van der Waals surface area contributed by atoms with E-state index in [1.54, 1.807) is 25.1 Å². The molecule has 1 aliphatic rings. The number of rotatable bonds is 6. The Morgan fingerprint density at radius 3 is 2.58 bits per heavy atom. The first-order chi connectivity index (χ1) is 10.9. The molecule has 1 fully saturated rings. The van der Waals surface area contributed by atoms with E-state index in [9.17, 15) is 13.2 Å². The predicted octanol–water partition coefficient (Wildman–Crippen LogP) is 1.82. The highest BCUT2D eigenvalue weighted by molar-refractivity contribution is 7.92. The second kappa shape index (κ2) is 9.10. The van der Waals surface area contributed by atoms with Crippen molar-refractivity contribution in [1.82, 2.24) is 5.32 Å². The van der Waals surface area contributed by atoms with Crippen LogP contribution in [-0.2, 0) is 14.8 Å². The van der Waals surface area contributed by atoms with Crippen molar-refractivity contribution in [3.8, 4) is 5.75 Å². The lowest BCUT2D eigenvalue weighted by molar-refractivity contribution is -0.120. The molecular weight excluding hydrogens is 354 g/mol. The van der Waals surface area contributed by atoms with Gasteiger partial charge in [-0.1, -0.05) is 0 Å². The van der Waals surface area contributed by atoms with E-state index in [-0.39, 0.29) is 30.0 Å². The van der Waals surface area contributed by atoms with Crippen molar-refractivity contribution in [2.45, 2.75) is 19.8 Å². The molecule has 1 aromatic rings. The number of sulfonamides is 1. The summed E-state index contributed by atoms with van der Waals surface area (Å²) >= 11 is 0. The molecule has 0 aliphatic carbocycles. The average molecular weight is 378 g/mol. The summed E-state index contributed by atoms with van der Waals surface area (Å²) in [5.41, 5.74) is 0.944. The number of hydrogen-bond donors (Lipinski definition) is 3. The minimum Gasteiger partial charge on any atom is -0.494 e. The van der Waals surface area contributed by atoms with Gasteiger partial charge in [-0.15, -0.1) is 12.4 Å². The van der Waals surface area contributed by atoms with Crippen molar-refractivity contribution < 1.29 is 17.9 Å². The Balaban J connectivity index is 0.00000288. The van der Waals surface area contributed by atoms with Gasteiger partial charge in [0.15, 0.2) is 0 Å². The highest BCUT2D eigenvalue weighted by atomic mass is 35.5. The summed E-state index contributed by atoms with van der Waals surface area (Å²) in [6, 6.07) is 4.87. The van der Waals surface area contributed by atoms with Gasteiger partial charge >= 0.3 is 0 Å². The summed E-state index contributed by atoms with van der Waals surface area (Å²) < 4.78 is 31.0. The Hall–Kier alpha value is -1.51. The summed E-state index contributed by atoms with van der Waals surface area (Å²) in [4.78, 5) is 12.2. The summed E-state index contributed by atoms with van der Waals surface area (Å²) in [6.45, 7) is 3.25. The second-order valence-electron chi connectivity index (χ2n) is 5.43. The van der Waals surface area contributed by atoms with Crippen LogP contribution in [0.4, 0.5) is 11.4 Å². The number of anilines is 2. The van der Waals surface area contributed by atoms with E-state index in [0.717, 1.165) is 25.9 Å². The molecule has 136 valence electrons. The van der Waals surface area contributed by atoms with Crippen LogP contribution in [0.15, 0.2) is 18.2 Å². The molecule has 24 heavy (non-hydrogen) atoms. The molecule has 9 heteroatoms. The van der Waals surface area contributed by atoms with Gasteiger partial charge in [-0.05, 0) is 45.0 Å². The maximum Gasteiger partial charge on any atom is 0.232 e. The van der Waals surface area contributed by atoms with Crippen molar-refractivity contribution in [3.63, 3.8) is 0 Å². The highest BCUT2D eigenvalue weighted by Crippen LogP contribution is 2.29. The van der Waals surface area contributed by atoms with E-state index in [2.05, 4.69) is 15.4 Å². The molecule has 0 saturated carbocycles. The minimum absolute atomic E-state index is 0. The first-order valence-electron chi connectivity index (χ1n) is 7.65. The molecule has 3 N–H and O–H groups in total. The Morgan fingerprint density at radius 1 is 1.33 bits per heavy atom. The molecule has 1 saturated heterocycles. The SMILES string of the molecule is CCS(=O)(=O)Nc1ccc(NC(=O)C2CCNCC2)cc1OC.Cl. The number of halogens is 1. The van der Waals surface area contributed by atoms with Crippen molar-refractivity contribution >= 4 is 39.7 Å². The van der Waals surface area contributed by atoms with E-state index in [1.807, 2.05) is 0 Å². The van der Waals surface area contributed by atoms with Crippen LogP contribution in [0.1, 0.15) is 19.8 Å². The number of piperidine rings is 1. The van der Waals surface area contributed by atoms with Gasteiger partial charge in [-0.25, -0.2) is 8.42 Å². The molecule has 0 spiro atoms. The van der Waals surface area contributed by atoms with Gasteiger partial charge in [0, 0.05) is 17.7 Å². The lowest BCUT2D eigenvalue weighted by Gasteiger charge is -2.22. The minimum atomic E-state index is -3.38. The van der Waals surface area contributed by atoms with Crippen molar-refractivity contribution in [3.05, 3.63) is 18.2 Å². The number of methoxy groups -OCH3 is 1. The summed E-state index contributed by atoms with van der Waals surface area (Å²) in [5, 5.41) is 6.09. The molecule has 0 unspecified atom stereocenters. The average Bonchev–Trinajstić information content (AvgIpc) is 2.56. The standard InChI is InChI=1S/C15H23N3O4S.ClH/c1-3-23(20,21)18-13-5-4-12(10-14(13)22-2)17-15(19)11-6-8-16-9-7-11;/h4-5,10-11,16,18H,3,6-9H2,1-2H3,(H,17,19);1H. The van der Waals surface area contributed by atoms with Crippen LogP contribution in [0.2, 0.25) is 0 Å². The molecule has 1 aliphatic heterocycles. The van der Waals surface area contributed by atoms with Crippen LogP contribution in [0.25, 0.3) is 0 Å². The predicted molar refractivity (Wildman–Crippen MR) is 97.5 cm³/mol. The Bertz CT molecular complexity index is 661. The maximum atomic E-state index is 12.2. The Labute approximate surface area is 149 Å². The van der Waals surface area contributed by atoms with E-state index < -0.39 is 10.0 Å². The first kappa shape index (κ1) is 20.5. The van der Waals surface area contributed by atoms with Crippen molar-refractivity contribution in [2.75, 3.05) is 36.0 Å². The molecular formula is C15H24ClN3O4S. The van der Waals surface area contributed by atoms with E-state index in [1.165, 1.54) is 7.11 Å². The number of amides is 1. The lowest BCUT2D eigenvalue weighted by Crippen LogP contribution is -2.34. The molecule has 2 rings (SSSR count). The van der Waals surface area contributed by atoms with Gasteiger partial charge in [-0.3, -0.25) is 9.52 Å². The summed E-state index contributed by atoms with van der Waals surface area (Å²) in [6.07, 6.45) is 1.63. The van der Waals surface area contributed by atoms with E-state index in [4.69, 9.17) is 4.74 Å². The largest absolute Gasteiger partial charge is 0.494 e. The van der Waals surface area contributed by atoms with Crippen LogP contribution in [-0.4, -0.2) is 40.3 Å². The van der Waals surface area contributed by atoms with Crippen molar-refractivity contribution in [2.24, 2.45) is 5.92 Å². The van der Waals surface area contributed by atoms with Crippen LogP contribution in [0.5, 0.6) is 5.75 Å². The second-order valence-corrected chi connectivity index (χ2v) is 7.45. The third-order valence-corrected chi connectivity index (χ3v) is 5.12. The van der Waals surface area contributed by atoms with E-state index in [0.29, 0.717) is 17.1 Å².